The number of nitro benzene ring substituents is 1. The number of nitro groups is 1. The van der Waals surface area contributed by atoms with Gasteiger partial charge in [-0.15, -0.1) is 0 Å². The van der Waals surface area contributed by atoms with E-state index in [0.29, 0.717) is 10.9 Å². The number of rotatable bonds is 4. The third kappa shape index (κ3) is 3.62. The van der Waals surface area contributed by atoms with Crippen LogP contribution in [0, 0.1) is 10.1 Å². The molecule has 6 heteroatoms. The molecule has 0 aliphatic heterocycles. The van der Waals surface area contributed by atoms with Crippen LogP contribution in [0.2, 0.25) is 0 Å². The average molecular weight is 288 g/mol. The third-order valence-corrected chi connectivity index (χ3v) is 2.57. The zero-order chi connectivity index (χ0) is 12.1. The van der Waals surface area contributed by atoms with Gasteiger partial charge in [-0.1, -0.05) is 6.07 Å². The molecule has 0 bridgehead atoms. The molecular formula is C10H10BrNO4. The Labute approximate surface area is 101 Å². The van der Waals surface area contributed by atoms with Gasteiger partial charge in [-0.3, -0.25) is 14.9 Å². The predicted octanol–water partition coefficient (Wildman–Crippen LogP) is 2.46. The van der Waals surface area contributed by atoms with Crippen molar-refractivity contribution >= 4 is 27.6 Å². The minimum absolute atomic E-state index is 0.0142. The van der Waals surface area contributed by atoms with Crippen molar-refractivity contribution in [2.75, 3.05) is 6.61 Å². The Morgan fingerprint density at radius 3 is 2.81 bits per heavy atom. The number of carbonyl (C=O) groups is 1. The summed E-state index contributed by atoms with van der Waals surface area (Å²) in [4.78, 5) is 20.7. The molecule has 0 atom stereocenters. The minimum Gasteiger partial charge on any atom is -0.466 e. The maximum Gasteiger partial charge on any atom is 0.302 e. The van der Waals surface area contributed by atoms with Crippen molar-refractivity contribution in [1.82, 2.24) is 0 Å². The van der Waals surface area contributed by atoms with E-state index >= 15 is 0 Å². The third-order valence-electron chi connectivity index (χ3n) is 1.90. The van der Waals surface area contributed by atoms with Crippen molar-refractivity contribution in [2.24, 2.45) is 0 Å². The van der Waals surface area contributed by atoms with E-state index < -0.39 is 4.92 Å². The lowest BCUT2D eigenvalue weighted by Gasteiger charge is -2.03. The zero-order valence-electron chi connectivity index (χ0n) is 8.60. The van der Waals surface area contributed by atoms with Crippen LogP contribution in [0.3, 0.4) is 0 Å². The highest BCUT2D eigenvalue weighted by molar-refractivity contribution is 9.10. The van der Waals surface area contributed by atoms with Crippen LogP contribution in [-0.2, 0) is 16.0 Å². The molecule has 0 fully saturated rings. The number of nitrogens with zero attached hydrogens (tertiary/aromatic N) is 1. The molecule has 0 N–H and O–H groups in total. The molecule has 0 aliphatic carbocycles. The first-order valence-corrected chi connectivity index (χ1v) is 5.36. The van der Waals surface area contributed by atoms with Gasteiger partial charge in [0.1, 0.15) is 0 Å². The second kappa shape index (κ2) is 5.60. The topological polar surface area (TPSA) is 69.4 Å². The summed E-state index contributed by atoms with van der Waals surface area (Å²) < 4.78 is 5.19. The molecular weight excluding hydrogens is 278 g/mol. The lowest BCUT2D eigenvalue weighted by Crippen LogP contribution is -2.03. The minimum atomic E-state index is -0.459. The van der Waals surface area contributed by atoms with Gasteiger partial charge in [0.15, 0.2) is 0 Å². The average Bonchev–Trinajstić information content (AvgIpc) is 2.19. The van der Waals surface area contributed by atoms with Gasteiger partial charge in [0.25, 0.3) is 5.69 Å². The van der Waals surface area contributed by atoms with Gasteiger partial charge in [-0.05, 0) is 27.6 Å². The Bertz CT molecular complexity index is 419. The number of halogens is 1. The molecule has 86 valence electrons. The molecule has 16 heavy (non-hydrogen) atoms. The first-order valence-electron chi connectivity index (χ1n) is 4.57. The maximum atomic E-state index is 10.6. The molecule has 0 aromatic heterocycles. The van der Waals surface area contributed by atoms with Crippen LogP contribution in [0.1, 0.15) is 12.5 Å². The second-order valence-corrected chi connectivity index (χ2v) is 3.99. The lowest BCUT2D eigenvalue weighted by atomic mass is 10.1. The summed E-state index contributed by atoms with van der Waals surface area (Å²) in [6.07, 6.45) is 0.466. The first-order chi connectivity index (χ1) is 7.50. The summed E-state index contributed by atoms with van der Waals surface area (Å²) in [5.74, 6) is -0.355. The van der Waals surface area contributed by atoms with Gasteiger partial charge >= 0.3 is 5.97 Å². The Hall–Kier alpha value is -1.43. The van der Waals surface area contributed by atoms with E-state index in [9.17, 15) is 14.9 Å². The number of esters is 1. The molecule has 5 nitrogen and oxygen atoms in total. The van der Waals surface area contributed by atoms with Crippen molar-refractivity contribution in [3.8, 4) is 0 Å². The largest absolute Gasteiger partial charge is 0.466 e. The van der Waals surface area contributed by atoms with Gasteiger partial charge in [0.2, 0.25) is 0 Å². The van der Waals surface area contributed by atoms with Gasteiger partial charge < -0.3 is 4.74 Å². The van der Waals surface area contributed by atoms with E-state index in [1.165, 1.54) is 13.0 Å². The number of hydrogen-bond donors (Lipinski definition) is 0. The summed E-state index contributed by atoms with van der Waals surface area (Å²) in [6, 6.07) is 4.83. The Morgan fingerprint density at radius 2 is 2.25 bits per heavy atom. The van der Waals surface area contributed by atoms with Crippen molar-refractivity contribution in [3.63, 3.8) is 0 Å². The lowest BCUT2D eigenvalue weighted by molar-refractivity contribution is -0.385. The number of benzene rings is 1. The van der Waals surface area contributed by atoms with Gasteiger partial charge in [-0.25, -0.2) is 0 Å². The fourth-order valence-corrected chi connectivity index (χ4v) is 1.56. The van der Waals surface area contributed by atoms with Crippen LogP contribution >= 0.6 is 15.9 Å². The van der Waals surface area contributed by atoms with E-state index in [2.05, 4.69) is 15.9 Å². The molecule has 0 unspecified atom stereocenters. The summed E-state index contributed by atoms with van der Waals surface area (Å²) in [5.41, 5.74) is 0.775. The molecule has 1 rings (SSSR count). The van der Waals surface area contributed by atoms with Crippen molar-refractivity contribution in [1.29, 1.82) is 0 Å². The van der Waals surface area contributed by atoms with Crippen LogP contribution in [0.25, 0.3) is 0 Å². The second-order valence-electron chi connectivity index (χ2n) is 3.13. The zero-order valence-corrected chi connectivity index (χ0v) is 10.2. The SMILES string of the molecule is CC(=O)OCCc1ccc(Br)c([N+](=O)[O-])c1. The Kier molecular flexibility index (Phi) is 4.42. The Morgan fingerprint density at radius 1 is 1.56 bits per heavy atom. The van der Waals surface area contributed by atoms with Crippen molar-refractivity contribution in [3.05, 3.63) is 38.3 Å². The molecule has 1 aromatic carbocycles. The van der Waals surface area contributed by atoms with Crippen LogP contribution < -0.4 is 0 Å². The molecule has 0 amide bonds. The predicted molar refractivity (Wildman–Crippen MR) is 61.1 cm³/mol. The normalized spacial score (nSPS) is 9.88. The molecule has 0 spiro atoms. The number of carbonyl (C=O) groups excluding carboxylic acids is 1. The summed E-state index contributed by atoms with van der Waals surface area (Å²) >= 11 is 3.10. The van der Waals surface area contributed by atoms with Crippen molar-refractivity contribution < 1.29 is 14.5 Å². The molecule has 0 saturated carbocycles. The first kappa shape index (κ1) is 12.6. The molecule has 0 radical (unpaired) electrons. The van der Waals surface area contributed by atoms with Gasteiger partial charge in [0, 0.05) is 19.4 Å². The highest BCUT2D eigenvalue weighted by atomic mass is 79.9. The molecule has 0 heterocycles. The molecule has 0 saturated heterocycles. The van der Waals surface area contributed by atoms with Gasteiger partial charge in [-0.2, -0.15) is 0 Å². The Balaban J connectivity index is 2.71. The highest BCUT2D eigenvalue weighted by Crippen LogP contribution is 2.25. The summed E-state index contributed by atoms with van der Waals surface area (Å²) in [6.45, 7) is 1.55. The fourth-order valence-electron chi connectivity index (χ4n) is 1.17. The highest BCUT2D eigenvalue weighted by Gasteiger charge is 2.12. The van der Waals surface area contributed by atoms with Crippen LogP contribution in [0.4, 0.5) is 5.69 Å². The number of hydrogen-bond acceptors (Lipinski definition) is 4. The van der Waals surface area contributed by atoms with Crippen LogP contribution in [-0.4, -0.2) is 17.5 Å². The standard InChI is InChI=1S/C10H10BrNO4/c1-7(13)16-5-4-8-2-3-9(11)10(6-8)12(14)15/h2-3,6H,4-5H2,1H3. The van der Waals surface area contributed by atoms with Gasteiger partial charge in [0.05, 0.1) is 16.0 Å². The molecule has 0 aliphatic rings. The monoisotopic (exact) mass is 287 g/mol. The fraction of sp³-hybridized carbons (Fsp3) is 0.300. The van der Waals surface area contributed by atoms with E-state index in [0.717, 1.165) is 5.56 Å². The van der Waals surface area contributed by atoms with E-state index in [1.807, 2.05) is 0 Å². The quantitative estimate of drug-likeness (QED) is 0.485. The van der Waals surface area contributed by atoms with E-state index in [1.54, 1.807) is 12.1 Å². The van der Waals surface area contributed by atoms with Crippen LogP contribution in [0.5, 0.6) is 0 Å². The summed E-state index contributed by atoms with van der Waals surface area (Å²) in [7, 11) is 0. The number of ether oxygens (including phenoxy) is 1. The maximum absolute atomic E-state index is 10.6. The van der Waals surface area contributed by atoms with E-state index in [4.69, 9.17) is 4.74 Å². The van der Waals surface area contributed by atoms with Crippen LogP contribution in [0.15, 0.2) is 22.7 Å². The van der Waals surface area contributed by atoms with E-state index in [-0.39, 0.29) is 18.3 Å². The van der Waals surface area contributed by atoms with Crippen molar-refractivity contribution in [2.45, 2.75) is 13.3 Å². The smallest absolute Gasteiger partial charge is 0.302 e. The molecule has 1 aromatic rings. The summed E-state index contributed by atoms with van der Waals surface area (Å²) in [5, 5.41) is 10.6.